The summed E-state index contributed by atoms with van der Waals surface area (Å²) in [5.74, 6) is 1.61. The van der Waals surface area contributed by atoms with Crippen LogP contribution in [0.15, 0.2) is 76.0 Å². The summed E-state index contributed by atoms with van der Waals surface area (Å²) in [5, 5.41) is 2.95. The van der Waals surface area contributed by atoms with E-state index in [0.29, 0.717) is 12.3 Å². The maximum Gasteiger partial charge on any atom is 0.287 e. The third kappa shape index (κ3) is 6.65. The number of aryl methyl sites for hydroxylation is 1. The molecule has 174 valence electrons. The quantitative estimate of drug-likeness (QED) is 0.504. The first-order chi connectivity index (χ1) is 16.1. The van der Waals surface area contributed by atoms with Crippen molar-refractivity contribution in [3.05, 3.63) is 89.4 Å². The number of carbonyl (C=O) groups is 1. The van der Waals surface area contributed by atoms with Crippen molar-refractivity contribution in [1.82, 2.24) is 10.2 Å². The van der Waals surface area contributed by atoms with E-state index in [1.165, 1.54) is 18.4 Å². The van der Waals surface area contributed by atoms with Gasteiger partial charge in [0.25, 0.3) is 5.91 Å². The molecule has 0 spiro atoms. The Kier molecular flexibility index (Phi) is 8.13. The third-order valence-electron chi connectivity index (χ3n) is 6.29. The van der Waals surface area contributed by atoms with Crippen LogP contribution in [0.5, 0.6) is 0 Å². The highest BCUT2D eigenvalue weighted by Crippen LogP contribution is 2.21. The van der Waals surface area contributed by atoms with Crippen LogP contribution in [0.3, 0.4) is 0 Å². The predicted molar refractivity (Wildman–Crippen MR) is 132 cm³/mol. The summed E-state index contributed by atoms with van der Waals surface area (Å²) in [6.45, 7) is 5.52. The largest absolute Gasteiger partial charge is 0.455 e. The normalized spacial score (nSPS) is 15.9. The van der Waals surface area contributed by atoms with Gasteiger partial charge in [0.1, 0.15) is 5.76 Å². The minimum Gasteiger partial charge on any atom is -0.455 e. The van der Waals surface area contributed by atoms with Crippen LogP contribution in [0.25, 0.3) is 0 Å². The molecule has 0 aliphatic carbocycles. The molecule has 1 atom stereocenters. The maximum atomic E-state index is 12.6. The van der Waals surface area contributed by atoms with Gasteiger partial charge in [-0.05, 0) is 74.5 Å². The summed E-state index contributed by atoms with van der Waals surface area (Å²) in [6.07, 6.45) is 3.55. The average molecular weight is 465 g/mol. The van der Waals surface area contributed by atoms with E-state index in [1.54, 1.807) is 12.1 Å². The molecule has 0 unspecified atom stereocenters. The lowest BCUT2D eigenvalue weighted by atomic mass is 9.90. The van der Waals surface area contributed by atoms with E-state index in [9.17, 15) is 9.00 Å². The van der Waals surface area contributed by atoms with Gasteiger partial charge in [-0.2, -0.15) is 0 Å². The lowest BCUT2D eigenvalue weighted by Crippen LogP contribution is -2.39. The fraction of sp³-hybridized carbons (Fsp3) is 0.370. The number of piperidine rings is 1. The minimum atomic E-state index is -1.20. The van der Waals surface area contributed by atoms with Crippen molar-refractivity contribution in [2.75, 3.05) is 26.2 Å². The monoisotopic (exact) mass is 464 g/mol. The molecule has 0 bridgehead atoms. The summed E-state index contributed by atoms with van der Waals surface area (Å²) in [4.78, 5) is 15.7. The zero-order chi connectivity index (χ0) is 23.0. The fourth-order valence-electron chi connectivity index (χ4n) is 4.37. The topological polar surface area (TPSA) is 62.6 Å². The summed E-state index contributed by atoms with van der Waals surface area (Å²) < 4.78 is 18.3. The molecule has 2 heterocycles. The van der Waals surface area contributed by atoms with Gasteiger partial charge >= 0.3 is 0 Å². The van der Waals surface area contributed by atoms with Crippen molar-refractivity contribution in [3.8, 4) is 0 Å². The first-order valence-electron chi connectivity index (χ1n) is 11.7. The molecule has 33 heavy (non-hydrogen) atoms. The van der Waals surface area contributed by atoms with E-state index in [-0.39, 0.29) is 17.4 Å². The second-order valence-corrected chi connectivity index (χ2v) is 10.2. The highest BCUT2D eigenvalue weighted by Gasteiger charge is 2.20. The SMILES string of the molecule is Cc1ccccc1[S@@](=O)Cc1ccc(C(=O)NCCN2CCC(Cc3ccccc3)CC2)o1. The summed E-state index contributed by atoms with van der Waals surface area (Å²) >= 11 is 0. The van der Waals surface area contributed by atoms with Crippen molar-refractivity contribution in [1.29, 1.82) is 0 Å². The number of amides is 1. The average Bonchev–Trinajstić information content (AvgIpc) is 3.30. The maximum absolute atomic E-state index is 12.6. The number of carbonyl (C=O) groups excluding carboxylic acids is 1. The molecular formula is C27H32N2O3S. The number of rotatable bonds is 9. The Bertz CT molecular complexity index is 1070. The third-order valence-corrected chi connectivity index (χ3v) is 7.78. The molecule has 3 aromatic rings. The molecule has 0 radical (unpaired) electrons. The van der Waals surface area contributed by atoms with Gasteiger partial charge in [-0.3, -0.25) is 9.00 Å². The van der Waals surface area contributed by atoms with Gasteiger partial charge in [-0.25, -0.2) is 0 Å². The highest BCUT2D eigenvalue weighted by molar-refractivity contribution is 7.84. The van der Waals surface area contributed by atoms with Crippen LogP contribution in [0.1, 0.15) is 40.3 Å². The smallest absolute Gasteiger partial charge is 0.287 e. The van der Waals surface area contributed by atoms with Gasteiger partial charge in [-0.15, -0.1) is 0 Å². The highest BCUT2D eigenvalue weighted by atomic mass is 32.2. The fourth-order valence-corrected chi connectivity index (χ4v) is 5.60. The molecule has 1 aliphatic heterocycles. The van der Waals surface area contributed by atoms with Gasteiger partial charge in [-0.1, -0.05) is 48.5 Å². The number of hydrogen-bond acceptors (Lipinski definition) is 4. The van der Waals surface area contributed by atoms with E-state index in [4.69, 9.17) is 4.42 Å². The molecule has 1 fully saturated rings. The first-order valence-corrected chi connectivity index (χ1v) is 13.0. The van der Waals surface area contributed by atoms with Crippen LogP contribution < -0.4 is 5.32 Å². The summed E-state index contributed by atoms with van der Waals surface area (Å²) in [7, 11) is -1.20. The van der Waals surface area contributed by atoms with Crippen molar-refractivity contribution in [3.63, 3.8) is 0 Å². The van der Waals surface area contributed by atoms with Crippen molar-refractivity contribution in [2.45, 2.75) is 36.8 Å². The molecule has 1 N–H and O–H groups in total. The molecule has 1 saturated heterocycles. The second kappa shape index (κ2) is 11.4. The van der Waals surface area contributed by atoms with Gasteiger partial charge in [0.05, 0.1) is 16.6 Å². The van der Waals surface area contributed by atoms with E-state index in [0.717, 1.165) is 42.4 Å². The van der Waals surface area contributed by atoms with E-state index in [1.807, 2.05) is 31.2 Å². The van der Waals surface area contributed by atoms with Crippen LogP contribution in [-0.2, 0) is 23.0 Å². The number of likely N-dealkylation sites (tertiary alicyclic amines) is 1. The second-order valence-electron chi connectivity index (χ2n) is 8.75. The van der Waals surface area contributed by atoms with Crippen molar-refractivity contribution < 1.29 is 13.4 Å². The molecule has 4 rings (SSSR count). The Hall–Kier alpha value is -2.70. The lowest BCUT2D eigenvalue weighted by molar-refractivity contribution is 0.0915. The van der Waals surface area contributed by atoms with Gasteiger partial charge in [0, 0.05) is 18.0 Å². The molecule has 1 aliphatic rings. The number of furan rings is 1. The molecule has 5 nitrogen and oxygen atoms in total. The molecule has 2 aromatic carbocycles. The Balaban J connectivity index is 1.18. The Morgan fingerprint density at radius 2 is 1.76 bits per heavy atom. The zero-order valence-corrected chi connectivity index (χ0v) is 20.0. The van der Waals surface area contributed by atoms with Crippen LogP contribution in [-0.4, -0.2) is 41.2 Å². The van der Waals surface area contributed by atoms with Gasteiger partial charge in [0.15, 0.2) is 5.76 Å². The first kappa shape index (κ1) is 23.5. The molecule has 1 aromatic heterocycles. The zero-order valence-electron chi connectivity index (χ0n) is 19.2. The standard InChI is InChI=1S/C27H32N2O3S/c1-21-7-5-6-10-26(21)33(31)20-24-11-12-25(32-24)27(30)28-15-18-29-16-13-23(14-17-29)19-22-8-3-2-4-9-22/h2-12,23H,13-20H2,1H3,(H,28,30)/t33-/m0/s1. The number of nitrogens with zero attached hydrogens (tertiary/aromatic N) is 1. The molecular weight excluding hydrogens is 432 g/mol. The predicted octanol–water partition coefficient (Wildman–Crippen LogP) is 4.58. The molecule has 1 amide bonds. The Morgan fingerprint density at radius 1 is 1.03 bits per heavy atom. The van der Waals surface area contributed by atoms with Crippen molar-refractivity contribution in [2.24, 2.45) is 5.92 Å². The number of hydrogen-bond donors (Lipinski definition) is 1. The molecule has 0 saturated carbocycles. The van der Waals surface area contributed by atoms with E-state index < -0.39 is 10.8 Å². The Labute approximate surface area is 198 Å². The van der Waals surface area contributed by atoms with Gasteiger partial charge < -0.3 is 14.6 Å². The summed E-state index contributed by atoms with van der Waals surface area (Å²) in [6, 6.07) is 21.7. The van der Waals surface area contributed by atoms with Crippen LogP contribution in [0.2, 0.25) is 0 Å². The Morgan fingerprint density at radius 3 is 2.52 bits per heavy atom. The van der Waals surface area contributed by atoms with E-state index in [2.05, 4.69) is 40.5 Å². The molecule has 6 heteroatoms. The van der Waals surface area contributed by atoms with E-state index >= 15 is 0 Å². The lowest BCUT2D eigenvalue weighted by Gasteiger charge is -2.32. The minimum absolute atomic E-state index is 0.220. The summed E-state index contributed by atoms with van der Waals surface area (Å²) in [5.41, 5.74) is 2.41. The van der Waals surface area contributed by atoms with Crippen LogP contribution in [0.4, 0.5) is 0 Å². The number of benzene rings is 2. The van der Waals surface area contributed by atoms with Gasteiger partial charge in [0.2, 0.25) is 0 Å². The van der Waals surface area contributed by atoms with Crippen molar-refractivity contribution >= 4 is 16.7 Å². The van der Waals surface area contributed by atoms with Crippen LogP contribution in [0, 0.1) is 12.8 Å². The number of nitrogens with one attached hydrogen (secondary N) is 1. The van der Waals surface area contributed by atoms with Crippen LogP contribution >= 0.6 is 0 Å².